The van der Waals surface area contributed by atoms with Gasteiger partial charge in [-0.25, -0.2) is 0 Å². The van der Waals surface area contributed by atoms with Crippen LogP contribution in [0.5, 0.6) is 11.5 Å². The zero-order valence-electron chi connectivity index (χ0n) is 11.9. The van der Waals surface area contributed by atoms with E-state index in [1.165, 1.54) is 0 Å². The first-order chi connectivity index (χ1) is 9.31. The molecule has 4 heteroatoms. The van der Waals surface area contributed by atoms with Crippen LogP contribution in [0.15, 0.2) is 24.3 Å². The van der Waals surface area contributed by atoms with Crippen LogP contribution in [0.2, 0.25) is 0 Å². The Morgan fingerprint density at radius 1 is 1.05 bits per heavy atom. The summed E-state index contributed by atoms with van der Waals surface area (Å²) >= 11 is 0. The summed E-state index contributed by atoms with van der Waals surface area (Å²) in [6.45, 7) is 6.52. The van der Waals surface area contributed by atoms with Crippen molar-refractivity contribution >= 4 is 0 Å². The van der Waals surface area contributed by atoms with Gasteiger partial charge < -0.3 is 19.9 Å². The van der Waals surface area contributed by atoms with E-state index in [9.17, 15) is 0 Å². The van der Waals surface area contributed by atoms with Gasteiger partial charge in [-0.05, 0) is 25.5 Å². The number of nitrogens with two attached hydrogens (primary N) is 1. The second kappa shape index (κ2) is 9.64. The predicted octanol–water partition coefficient (Wildman–Crippen LogP) is 2.61. The molecule has 0 spiro atoms. The SMILES string of the molecule is CCCOc1ccccc1OCCC(CN)OCC. The van der Waals surface area contributed by atoms with Crippen molar-refractivity contribution in [1.82, 2.24) is 0 Å². The summed E-state index contributed by atoms with van der Waals surface area (Å²) in [7, 11) is 0. The molecular weight excluding hydrogens is 242 g/mol. The topological polar surface area (TPSA) is 53.7 Å². The molecule has 1 unspecified atom stereocenters. The van der Waals surface area contributed by atoms with Crippen molar-refractivity contribution in [2.75, 3.05) is 26.4 Å². The molecule has 19 heavy (non-hydrogen) atoms. The minimum atomic E-state index is 0.0636. The molecule has 1 aromatic rings. The average Bonchev–Trinajstić information content (AvgIpc) is 2.45. The van der Waals surface area contributed by atoms with Gasteiger partial charge in [-0.15, -0.1) is 0 Å². The molecular formula is C15H25NO3. The summed E-state index contributed by atoms with van der Waals surface area (Å²) in [6, 6.07) is 7.73. The highest BCUT2D eigenvalue weighted by molar-refractivity contribution is 5.39. The smallest absolute Gasteiger partial charge is 0.161 e. The largest absolute Gasteiger partial charge is 0.490 e. The van der Waals surface area contributed by atoms with Gasteiger partial charge >= 0.3 is 0 Å². The number of benzene rings is 1. The zero-order valence-corrected chi connectivity index (χ0v) is 11.9. The monoisotopic (exact) mass is 267 g/mol. The molecule has 0 amide bonds. The molecule has 1 atom stereocenters. The fourth-order valence-corrected chi connectivity index (χ4v) is 1.71. The van der Waals surface area contributed by atoms with Gasteiger partial charge in [-0.1, -0.05) is 19.1 Å². The van der Waals surface area contributed by atoms with Gasteiger partial charge in [0.2, 0.25) is 0 Å². The van der Waals surface area contributed by atoms with Crippen LogP contribution in [0.3, 0.4) is 0 Å². The highest BCUT2D eigenvalue weighted by Crippen LogP contribution is 2.26. The van der Waals surface area contributed by atoms with Crippen LogP contribution in [-0.4, -0.2) is 32.5 Å². The molecule has 1 aromatic carbocycles. The van der Waals surface area contributed by atoms with Crippen molar-refractivity contribution < 1.29 is 14.2 Å². The first-order valence-corrected chi connectivity index (χ1v) is 6.98. The van der Waals surface area contributed by atoms with Crippen molar-refractivity contribution in [1.29, 1.82) is 0 Å². The van der Waals surface area contributed by atoms with Gasteiger partial charge in [0, 0.05) is 19.6 Å². The second-order valence-corrected chi connectivity index (χ2v) is 4.25. The third-order valence-corrected chi connectivity index (χ3v) is 2.67. The van der Waals surface area contributed by atoms with Crippen molar-refractivity contribution in [2.24, 2.45) is 5.73 Å². The van der Waals surface area contributed by atoms with Gasteiger partial charge in [-0.2, -0.15) is 0 Å². The summed E-state index contributed by atoms with van der Waals surface area (Å²) < 4.78 is 16.9. The molecule has 2 N–H and O–H groups in total. The van der Waals surface area contributed by atoms with Crippen molar-refractivity contribution in [3.63, 3.8) is 0 Å². The third kappa shape index (κ3) is 5.94. The molecule has 0 fully saturated rings. The Labute approximate surface area is 115 Å². The normalized spacial score (nSPS) is 12.2. The molecule has 1 rings (SSSR count). The number of hydrogen-bond acceptors (Lipinski definition) is 4. The lowest BCUT2D eigenvalue weighted by molar-refractivity contribution is 0.0523. The number of para-hydroxylation sites is 2. The molecule has 0 radical (unpaired) electrons. The van der Waals surface area contributed by atoms with Crippen molar-refractivity contribution in [3.05, 3.63) is 24.3 Å². The van der Waals surface area contributed by atoms with E-state index in [4.69, 9.17) is 19.9 Å². The molecule has 0 saturated carbocycles. The summed E-state index contributed by atoms with van der Waals surface area (Å²) in [5, 5.41) is 0. The maximum absolute atomic E-state index is 5.75. The maximum atomic E-state index is 5.75. The van der Waals surface area contributed by atoms with Crippen LogP contribution in [-0.2, 0) is 4.74 Å². The van der Waals surface area contributed by atoms with Gasteiger partial charge in [0.05, 0.1) is 19.3 Å². The predicted molar refractivity (Wildman–Crippen MR) is 76.8 cm³/mol. The molecule has 0 saturated heterocycles. The lowest BCUT2D eigenvalue weighted by atomic mass is 10.2. The van der Waals surface area contributed by atoms with Gasteiger partial charge in [0.25, 0.3) is 0 Å². The van der Waals surface area contributed by atoms with E-state index >= 15 is 0 Å². The first kappa shape index (κ1) is 15.8. The van der Waals surface area contributed by atoms with Crippen molar-refractivity contribution in [2.45, 2.75) is 32.8 Å². The number of hydrogen-bond donors (Lipinski definition) is 1. The molecule has 0 aliphatic heterocycles. The Bertz CT molecular complexity index is 344. The Morgan fingerprint density at radius 3 is 2.21 bits per heavy atom. The first-order valence-electron chi connectivity index (χ1n) is 6.98. The quantitative estimate of drug-likeness (QED) is 0.708. The molecule has 0 aliphatic carbocycles. The maximum Gasteiger partial charge on any atom is 0.161 e. The van der Waals surface area contributed by atoms with E-state index in [1.54, 1.807) is 0 Å². The van der Waals surface area contributed by atoms with Crippen molar-refractivity contribution in [3.8, 4) is 11.5 Å². The van der Waals surface area contributed by atoms with E-state index in [1.807, 2.05) is 31.2 Å². The molecule has 0 aliphatic rings. The Morgan fingerprint density at radius 2 is 1.68 bits per heavy atom. The average molecular weight is 267 g/mol. The molecule has 0 bridgehead atoms. The van der Waals surface area contributed by atoms with Crippen LogP contribution in [0.1, 0.15) is 26.7 Å². The van der Waals surface area contributed by atoms with E-state index in [0.29, 0.717) is 26.4 Å². The van der Waals surface area contributed by atoms with Gasteiger partial charge in [0.1, 0.15) is 0 Å². The van der Waals surface area contributed by atoms with Crippen LogP contribution in [0, 0.1) is 0 Å². The summed E-state index contributed by atoms with van der Waals surface area (Å²) in [5.41, 5.74) is 5.63. The van der Waals surface area contributed by atoms with Crippen LogP contribution in [0.4, 0.5) is 0 Å². The van der Waals surface area contributed by atoms with Crippen LogP contribution >= 0.6 is 0 Å². The lowest BCUT2D eigenvalue weighted by Crippen LogP contribution is -2.25. The minimum absolute atomic E-state index is 0.0636. The summed E-state index contributed by atoms with van der Waals surface area (Å²) in [6.07, 6.45) is 1.83. The Hall–Kier alpha value is -1.26. The van der Waals surface area contributed by atoms with Crippen LogP contribution < -0.4 is 15.2 Å². The van der Waals surface area contributed by atoms with E-state index < -0.39 is 0 Å². The van der Waals surface area contributed by atoms with E-state index in [0.717, 1.165) is 24.3 Å². The molecule has 0 heterocycles. The molecule has 4 nitrogen and oxygen atoms in total. The summed E-state index contributed by atoms with van der Waals surface area (Å²) in [5.74, 6) is 1.58. The van der Waals surface area contributed by atoms with E-state index in [-0.39, 0.29) is 6.10 Å². The van der Waals surface area contributed by atoms with E-state index in [2.05, 4.69) is 6.92 Å². The number of ether oxygens (including phenoxy) is 3. The Balaban J connectivity index is 2.43. The highest BCUT2D eigenvalue weighted by Gasteiger charge is 2.08. The van der Waals surface area contributed by atoms with Crippen LogP contribution in [0.25, 0.3) is 0 Å². The lowest BCUT2D eigenvalue weighted by Gasteiger charge is -2.16. The molecule has 108 valence electrons. The third-order valence-electron chi connectivity index (χ3n) is 2.67. The zero-order chi connectivity index (χ0) is 13.9. The van der Waals surface area contributed by atoms with Gasteiger partial charge in [-0.3, -0.25) is 0 Å². The molecule has 0 aromatic heterocycles. The summed E-state index contributed by atoms with van der Waals surface area (Å²) in [4.78, 5) is 0. The standard InChI is InChI=1S/C15H25NO3/c1-3-10-18-14-7-5-6-8-15(14)19-11-9-13(12-16)17-4-2/h5-8,13H,3-4,9-12,16H2,1-2H3. The minimum Gasteiger partial charge on any atom is -0.490 e. The van der Waals surface area contributed by atoms with Gasteiger partial charge in [0.15, 0.2) is 11.5 Å². The fraction of sp³-hybridized carbons (Fsp3) is 0.600. The fourth-order valence-electron chi connectivity index (χ4n) is 1.71. The highest BCUT2D eigenvalue weighted by atomic mass is 16.5. The number of rotatable bonds is 10. The Kier molecular flexibility index (Phi) is 8.02. The second-order valence-electron chi connectivity index (χ2n) is 4.25.